The summed E-state index contributed by atoms with van der Waals surface area (Å²) < 4.78 is 11.1. The Morgan fingerprint density at radius 1 is 1.29 bits per heavy atom. The molecule has 0 radical (unpaired) electrons. The second-order valence-corrected chi connectivity index (χ2v) is 5.94. The van der Waals surface area contributed by atoms with E-state index in [1.807, 2.05) is 36.4 Å². The van der Waals surface area contributed by atoms with Crippen LogP contribution in [0.15, 0.2) is 65.8 Å². The van der Waals surface area contributed by atoms with Crippen molar-refractivity contribution in [3.05, 3.63) is 77.4 Å². The van der Waals surface area contributed by atoms with Crippen LogP contribution >= 0.6 is 0 Å². The molecule has 140 valence electrons. The molecular formula is C23H19NO4. The fourth-order valence-corrected chi connectivity index (χ4v) is 2.88. The molecule has 0 saturated carbocycles. The molecule has 5 nitrogen and oxygen atoms in total. The predicted molar refractivity (Wildman–Crippen MR) is 108 cm³/mol. The number of hydrogen-bond donors (Lipinski definition) is 0. The van der Waals surface area contributed by atoms with Gasteiger partial charge in [0.1, 0.15) is 12.3 Å². The highest BCUT2D eigenvalue weighted by Crippen LogP contribution is 2.35. The van der Waals surface area contributed by atoms with Gasteiger partial charge in [0.2, 0.25) is 0 Å². The molecule has 3 rings (SSSR count). The first-order valence-corrected chi connectivity index (χ1v) is 8.62. The van der Waals surface area contributed by atoms with E-state index in [1.54, 1.807) is 25.3 Å². The van der Waals surface area contributed by atoms with Crippen molar-refractivity contribution < 1.29 is 19.1 Å². The average molecular weight is 373 g/mol. The van der Waals surface area contributed by atoms with E-state index in [0.717, 1.165) is 16.7 Å². The molecule has 0 N–H and O–H groups in total. The summed E-state index contributed by atoms with van der Waals surface area (Å²) in [5.74, 6) is 3.03. The summed E-state index contributed by atoms with van der Waals surface area (Å²) in [5.41, 5.74) is 3.25. The minimum absolute atomic E-state index is 0.123. The van der Waals surface area contributed by atoms with E-state index in [0.29, 0.717) is 29.2 Å². The van der Waals surface area contributed by atoms with Crippen LogP contribution in [0.3, 0.4) is 0 Å². The van der Waals surface area contributed by atoms with Gasteiger partial charge in [0.15, 0.2) is 11.5 Å². The molecule has 2 aromatic rings. The lowest BCUT2D eigenvalue weighted by molar-refractivity contribution is -0.136. The van der Waals surface area contributed by atoms with Crippen LogP contribution < -0.4 is 9.47 Å². The molecule has 5 heteroatoms. The number of ether oxygens (including phenoxy) is 2. The summed E-state index contributed by atoms with van der Waals surface area (Å²) in [6.45, 7) is 3.91. The Kier molecular flexibility index (Phi) is 5.93. The minimum atomic E-state index is -0.504. The number of methoxy groups -OCH3 is 1. The van der Waals surface area contributed by atoms with Crippen molar-refractivity contribution in [2.75, 3.05) is 13.7 Å². The Hall–Kier alpha value is -3.78. The molecule has 0 bridgehead atoms. The van der Waals surface area contributed by atoms with E-state index in [2.05, 4.69) is 17.7 Å². The van der Waals surface area contributed by atoms with Crippen LogP contribution in [-0.4, -0.2) is 25.4 Å². The molecule has 0 spiro atoms. The van der Waals surface area contributed by atoms with E-state index >= 15 is 0 Å². The topological polar surface area (TPSA) is 57.1 Å². The number of nitrogens with zero attached hydrogens (tertiary/aromatic N) is 1. The maximum Gasteiger partial charge on any atom is 0.368 e. The van der Waals surface area contributed by atoms with Gasteiger partial charge in [-0.3, -0.25) is 0 Å². The van der Waals surface area contributed by atoms with E-state index < -0.39 is 5.97 Å². The third-order valence-electron chi connectivity index (χ3n) is 4.09. The quantitative estimate of drug-likeness (QED) is 0.321. The number of oxime groups is 1. The number of benzene rings is 2. The Labute approximate surface area is 163 Å². The second-order valence-electron chi connectivity index (χ2n) is 5.94. The van der Waals surface area contributed by atoms with Crippen LogP contribution in [-0.2, 0) is 16.1 Å². The lowest BCUT2D eigenvalue weighted by Crippen LogP contribution is -2.07. The Morgan fingerprint density at radius 2 is 2.07 bits per heavy atom. The molecule has 0 saturated heterocycles. The third kappa shape index (κ3) is 3.97. The zero-order valence-electron chi connectivity index (χ0n) is 15.5. The molecule has 0 aromatic heterocycles. The summed E-state index contributed by atoms with van der Waals surface area (Å²) in [6, 6.07) is 13.1. The molecule has 0 unspecified atom stereocenters. The zero-order chi connectivity index (χ0) is 19.9. The molecule has 2 aromatic carbocycles. The summed E-state index contributed by atoms with van der Waals surface area (Å²) in [4.78, 5) is 17.1. The van der Waals surface area contributed by atoms with Crippen molar-refractivity contribution in [2.45, 2.75) is 6.42 Å². The summed E-state index contributed by atoms with van der Waals surface area (Å²) in [5, 5.41) is 3.93. The first kappa shape index (κ1) is 19.0. The highest BCUT2D eigenvalue weighted by atomic mass is 16.7. The van der Waals surface area contributed by atoms with Crippen LogP contribution in [0.25, 0.3) is 6.08 Å². The van der Waals surface area contributed by atoms with Gasteiger partial charge in [-0.1, -0.05) is 47.5 Å². The highest BCUT2D eigenvalue weighted by molar-refractivity contribution is 6.31. The maximum atomic E-state index is 12.2. The molecule has 0 aliphatic carbocycles. The fourth-order valence-electron chi connectivity index (χ4n) is 2.88. The normalized spacial score (nSPS) is 14.2. The predicted octanol–water partition coefficient (Wildman–Crippen LogP) is 3.78. The van der Waals surface area contributed by atoms with Crippen LogP contribution in [0, 0.1) is 12.3 Å². The van der Waals surface area contributed by atoms with Crippen molar-refractivity contribution in [3.8, 4) is 23.8 Å². The van der Waals surface area contributed by atoms with Gasteiger partial charge in [-0.15, -0.1) is 13.0 Å². The van der Waals surface area contributed by atoms with Gasteiger partial charge in [0, 0.05) is 11.1 Å². The molecule has 28 heavy (non-hydrogen) atoms. The molecule has 1 aliphatic rings. The zero-order valence-corrected chi connectivity index (χ0v) is 15.5. The molecule has 0 fully saturated rings. The van der Waals surface area contributed by atoms with Gasteiger partial charge in [0.05, 0.1) is 12.7 Å². The average Bonchev–Trinajstić information content (AvgIpc) is 3.08. The van der Waals surface area contributed by atoms with Gasteiger partial charge in [-0.05, 0) is 30.2 Å². The monoisotopic (exact) mass is 373 g/mol. The summed E-state index contributed by atoms with van der Waals surface area (Å²) in [7, 11) is 1.55. The summed E-state index contributed by atoms with van der Waals surface area (Å²) in [6.07, 6.45) is 9.34. The van der Waals surface area contributed by atoms with Gasteiger partial charge in [-0.2, -0.15) is 0 Å². The first-order valence-electron chi connectivity index (χ1n) is 8.62. The van der Waals surface area contributed by atoms with E-state index in [-0.39, 0.29) is 6.61 Å². The highest BCUT2D eigenvalue weighted by Gasteiger charge is 2.27. The van der Waals surface area contributed by atoms with Crippen LogP contribution in [0.2, 0.25) is 0 Å². The number of allylic oxidation sites excluding steroid dienone is 1. The minimum Gasteiger partial charge on any atom is -0.493 e. The number of terminal acetylenes is 1. The van der Waals surface area contributed by atoms with Crippen LogP contribution in [0.5, 0.6) is 11.5 Å². The molecule has 1 aliphatic heterocycles. The second kappa shape index (κ2) is 8.74. The van der Waals surface area contributed by atoms with E-state index in [1.165, 1.54) is 0 Å². The Morgan fingerprint density at radius 3 is 2.75 bits per heavy atom. The van der Waals surface area contributed by atoms with E-state index in [4.69, 9.17) is 20.7 Å². The smallest absolute Gasteiger partial charge is 0.368 e. The summed E-state index contributed by atoms with van der Waals surface area (Å²) >= 11 is 0. The lowest BCUT2D eigenvalue weighted by atomic mass is 9.99. The molecule has 0 atom stereocenters. The fraction of sp³-hybridized carbons (Fsp3) is 0.130. The van der Waals surface area contributed by atoms with Crippen molar-refractivity contribution >= 4 is 17.8 Å². The third-order valence-corrected chi connectivity index (χ3v) is 4.09. The van der Waals surface area contributed by atoms with Gasteiger partial charge >= 0.3 is 5.97 Å². The number of hydrogen-bond acceptors (Lipinski definition) is 5. The number of carbonyl (C=O) groups excluding carboxylic acids is 1. The number of carbonyl (C=O) groups is 1. The standard InChI is InChI=1S/C23H19NO4/c1-4-9-18-13-16(15-20(26-3)22(18)27-12-5-2)14-19-21(24-28-23(19)25)17-10-7-6-8-11-17/h2,4,6-8,10-11,13-15H,1,9,12H2,3H3/b19-14-. The van der Waals surface area contributed by atoms with Crippen molar-refractivity contribution in [3.63, 3.8) is 0 Å². The van der Waals surface area contributed by atoms with Gasteiger partial charge in [-0.25, -0.2) is 4.79 Å². The SMILES string of the molecule is C#CCOc1c(CC=C)cc(/C=C2\C(=O)ON=C2c2ccccc2)cc1OC. The Balaban J connectivity index is 2.06. The van der Waals surface area contributed by atoms with E-state index in [9.17, 15) is 4.79 Å². The van der Waals surface area contributed by atoms with Crippen molar-refractivity contribution in [2.24, 2.45) is 5.16 Å². The van der Waals surface area contributed by atoms with Crippen LogP contribution in [0.1, 0.15) is 16.7 Å². The molecule has 0 amide bonds. The van der Waals surface area contributed by atoms with Crippen molar-refractivity contribution in [1.29, 1.82) is 0 Å². The van der Waals surface area contributed by atoms with Crippen LogP contribution in [0.4, 0.5) is 0 Å². The van der Waals surface area contributed by atoms with Gasteiger partial charge in [0.25, 0.3) is 0 Å². The first-order chi connectivity index (χ1) is 13.7. The lowest BCUT2D eigenvalue weighted by Gasteiger charge is -2.14. The van der Waals surface area contributed by atoms with Gasteiger partial charge < -0.3 is 14.3 Å². The molecular weight excluding hydrogens is 354 g/mol. The number of rotatable bonds is 7. The van der Waals surface area contributed by atoms with Crippen molar-refractivity contribution in [1.82, 2.24) is 0 Å². The Bertz CT molecular complexity index is 997. The largest absolute Gasteiger partial charge is 0.493 e. The molecule has 1 heterocycles. The maximum absolute atomic E-state index is 12.2.